The lowest BCUT2D eigenvalue weighted by atomic mass is 10.1. The number of carbonyl (C=O) groups is 1. The Labute approximate surface area is 87.7 Å². The van der Waals surface area contributed by atoms with Gasteiger partial charge in [-0.3, -0.25) is 4.79 Å². The molecule has 1 aromatic rings. The molecule has 76 valence electrons. The summed E-state index contributed by atoms with van der Waals surface area (Å²) in [4.78, 5) is 17.1. The summed E-state index contributed by atoms with van der Waals surface area (Å²) in [5.74, 6) is -0.423. The van der Waals surface area contributed by atoms with Crippen LogP contribution in [0.3, 0.4) is 0 Å². The molecule has 1 aliphatic heterocycles. The third-order valence-corrected chi connectivity index (χ3v) is 2.18. The topological polar surface area (TPSA) is 58.7 Å². The van der Waals surface area contributed by atoms with E-state index in [2.05, 4.69) is 4.99 Å². The van der Waals surface area contributed by atoms with Crippen molar-refractivity contribution in [2.24, 2.45) is 10.7 Å². The largest absolute Gasteiger partial charge is 0.366 e. The minimum atomic E-state index is -0.423. The molecule has 1 aliphatic rings. The molecule has 0 fully saturated rings. The number of amides is 1. The lowest BCUT2D eigenvalue weighted by molar-refractivity contribution is 0.100. The van der Waals surface area contributed by atoms with Gasteiger partial charge in [0.25, 0.3) is 5.91 Å². The quantitative estimate of drug-likeness (QED) is 0.780. The SMILES string of the molecule is NC(=O)c1ccccc1N1C=NC=CC1. The summed E-state index contributed by atoms with van der Waals surface area (Å²) >= 11 is 0. The molecule has 2 N–H and O–H groups in total. The number of hydrogen-bond donors (Lipinski definition) is 1. The molecule has 0 spiro atoms. The molecule has 15 heavy (non-hydrogen) atoms. The average Bonchev–Trinajstić information content (AvgIpc) is 2.30. The molecule has 0 bridgehead atoms. The molecule has 0 aromatic heterocycles. The summed E-state index contributed by atoms with van der Waals surface area (Å²) in [5.41, 5.74) is 6.60. The van der Waals surface area contributed by atoms with Gasteiger partial charge in [0, 0.05) is 12.7 Å². The van der Waals surface area contributed by atoms with Gasteiger partial charge in [0.1, 0.15) is 0 Å². The fourth-order valence-corrected chi connectivity index (χ4v) is 1.48. The van der Waals surface area contributed by atoms with Crippen LogP contribution < -0.4 is 10.6 Å². The Morgan fingerprint density at radius 2 is 2.20 bits per heavy atom. The highest BCUT2D eigenvalue weighted by Crippen LogP contribution is 2.19. The first-order chi connectivity index (χ1) is 7.29. The van der Waals surface area contributed by atoms with Gasteiger partial charge in [-0.1, -0.05) is 12.1 Å². The molecule has 1 amide bonds. The van der Waals surface area contributed by atoms with E-state index in [4.69, 9.17) is 5.73 Å². The zero-order valence-corrected chi connectivity index (χ0v) is 8.13. The Bertz CT molecular complexity index is 437. The number of carbonyl (C=O) groups excluding carboxylic acids is 1. The molecule has 1 aromatic carbocycles. The van der Waals surface area contributed by atoms with Gasteiger partial charge < -0.3 is 10.6 Å². The monoisotopic (exact) mass is 201 g/mol. The summed E-state index contributed by atoms with van der Waals surface area (Å²) in [5, 5.41) is 0. The van der Waals surface area contributed by atoms with Crippen LogP contribution in [0, 0.1) is 0 Å². The van der Waals surface area contributed by atoms with E-state index in [0.29, 0.717) is 12.1 Å². The van der Waals surface area contributed by atoms with Gasteiger partial charge in [-0.2, -0.15) is 0 Å². The van der Waals surface area contributed by atoms with E-state index in [-0.39, 0.29) is 0 Å². The fourth-order valence-electron chi connectivity index (χ4n) is 1.48. The first-order valence-corrected chi connectivity index (χ1v) is 4.63. The first kappa shape index (κ1) is 9.45. The van der Waals surface area contributed by atoms with Gasteiger partial charge in [-0.15, -0.1) is 0 Å². The zero-order chi connectivity index (χ0) is 10.7. The summed E-state index contributed by atoms with van der Waals surface area (Å²) in [6, 6.07) is 7.23. The van der Waals surface area contributed by atoms with Crippen molar-refractivity contribution in [1.82, 2.24) is 0 Å². The van der Waals surface area contributed by atoms with E-state index >= 15 is 0 Å². The van der Waals surface area contributed by atoms with E-state index < -0.39 is 5.91 Å². The van der Waals surface area contributed by atoms with Crippen molar-refractivity contribution in [3.05, 3.63) is 42.1 Å². The number of rotatable bonds is 2. The molecule has 0 saturated heterocycles. The summed E-state index contributed by atoms with van der Waals surface area (Å²) in [7, 11) is 0. The predicted molar refractivity (Wildman–Crippen MR) is 59.9 cm³/mol. The molecule has 0 radical (unpaired) electrons. The van der Waals surface area contributed by atoms with Crippen molar-refractivity contribution in [2.75, 3.05) is 11.4 Å². The van der Waals surface area contributed by atoms with Gasteiger partial charge in [0.15, 0.2) is 0 Å². The smallest absolute Gasteiger partial charge is 0.250 e. The normalized spacial score (nSPS) is 14.3. The first-order valence-electron chi connectivity index (χ1n) is 4.63. The minimum absolute atomic E-state index is 0.423. The summed E-state index contributed by atoms with van der Waals surface area (Å²) < 4.78 is 0. The highest BCUT2D eigenvalue weighted by Gasteiger charge is 2.12. The third-order valence-electron chi connectivity index (χ3n) is 2.18. The zero-order valence-electron chi connectivity index (χ0n) is 8.13. The molecule has 0 aliphatic carbocycles. The van der Waals surface area contributed by atoms with Crippen LogP contribution in [0.1, 0.15) is 10.4 Å². The fraction of sp³-hybridized carbons (Fsp3) is 0.0909. The van der Waals surface area contributed by atoms with E-state index in [1.54, 1.807) is 24.7 Å². The minimum Gasteiger partial charge on any atom is -0.366 e. The Balaban J connectivity index is 2.39. The molecule has 4 heteroatoms. The number of benzene rings is 1. The predicted octanol–water partition coefficient (Wildman–Crippen LogP) is 1.15. The van der Waals surface area contributed by atoms with E-state index in [9.17, 15) is 4.79 Å². The number of hydrogen-bond acceptors (Lipinski definition) is 3. The average molecular weight is 201 g/mol. The second-order valence-electron chi connectivity index (χ2n) is 3.18. The molecule has 0 atom stereocenters. The highest BCUT2D eigenvalue weighted by molar-refractivity contribution is 6.01. The number of para-hydroxylation sites is 1. The summed E-state index contributed by atoms with van der Waals surface area (Å²) in [6.45, 7) is 0.702. The number of nitrogens with zero attached hydrogens (tertiary/aromatic N) is 2. The van der Waals surface area contributed by atoms with Crippen molar-refractivity contribution in [2.45, 2.75) is 0 Å². The van der Waals surface area contributed by atoms with Crippen molar-refractivity contribution in [3.63, 3.8) is 0 Å². The maximum Gasteiger partial charge on any atom is 0.250 e. The standard InChI is InChI=1S/C11H11N3O/c12-11(15)9-4-1-2-5-10(9)14-7-3-6-13-8-14/h1-6,8H,7H2,(H2,12,15). The van der Waals surface area contributed by atoms with Crippen LogP contribution in [-0.4, -0.2) is 18.8 Å². The van der Waals surface area contributed by atoms with Gasteiger partial charge in [-0.05, 0) is 18.2 Å². The maximum absolute atomic E-state index is 11.2. The van der Waals surface area contributed by atoms with Crippen molar-refractivity contribution >= 4 is 17.9 Å². The Kier molecular flexibility index (Phi) is 2.49. The van der Waals surface area contributed by atoms with Crippen LogP contribution in [0.25, 0.3) is 0 Å². The molecule has 0 unspecified atom stereocenters. The Morgan fingerprint density at radius 1 is 1.40 bits per heavy atom. The Hall–Kier alpha value is -2.10. The van der Waals surface area contributed by atoms with Crippen LogP contribution in [0.15, 0.2) is 41.5 Å². The van der Waals surface area contributed by atoms with Crippen molar-refractivity contribution < 1.29 is 4.79 Å². The maximum atomic E-state index is 11.2. The van der Waals surface area contributed by atoms with Crippen LogP contribution in [0.2, 0.25) is 0 Å². The molecule has 2 rings (SSSR count). The third kappa shape index (κ3) is 1.88. The molecule has 1 heterocycles. The van der Waals surface area contributed by atoms with E-state index in [1.165, 1.54) is 0 Å². The molecular weight excluding hydrogens is 190 g/mol. The number of anilines is 1. The van der Waals surface area contributed by atoms with Crippen LogP contribution in [-0.2, 0) is 0 Å². The lowest BCUT2D eigenvalue weighted by Crippen LogP contribution is -2.26. The second kappa shape index (κ2) is 3.96. The van der Waals surface area contributed by atoms with Gasteiger partial charge in [0.2, 0.25) is 0 Å². The van der Waals surface area contributed by atoms with Gasteiger partial charge >= 0.3 is 0 Å². The highest BCUT2D eigenvalue weighted by atomic mass is 16.1. The van der Waals surface area contributed by atoms with Crippen molar-refractivity contribution in [3.8, 4) is 0 Å². The number of aliphatic imine (C=N–C) groups is 1. The Morgan fingerprint density at radius 3 is 2.87 bits per heavy atom. The van der Waals surface area contributed by atoms with Crippen molar-refractivity contribution in [1.29, 1.82) is 0 Å². The van der Waals surface area contributed by atoms with E-state index in [1.807, 2.05) is 23.1 Å². The molecular formula is C11H11N3O. The number of primary amides is 1. The van der Waals surface area contributed by atoms with Crippen LogP contribution in [0.5, 0.6) is 0 Å². The van der Waals surface area contributed by atoms with E-state index in [0.717, 1.165) is 5.69 Å². The van der Waals surface area contributed by atoms with Crippen LogP contribution in [0.4, 0.5) is 5.69 Å². The van der Waals surface area contributed by atoms with Gasteiger partial charge in [0.05, 0.1) is 17.6 Å². The second-order valence-corrected chi connectivity index (χ2v) is 3.18. The molecule has 0 saturated carbocycles. The van der Waals surface area contributed by atoms with Crippen LogP contribution >= 0.6 is 0 Å². The lowest BCUT2D eigenvalue weighted by Gasteiger charge is -2.21. The summed E-state index contributed by atoms with van der Waals surface area (Å²) in [6.07, 6.45) is 5.32. The van der Waals surface area contributed by atoms with Gasteiger partial charge in [-0.25, -0.2) is 4.99 Å². The number of nitrogens with two attached hydrogens (primary N) is 1. The molecule has 4 nitrogen and oxygen atoms in total.